The van der Waals surface area contributed by atoms with Crippen LogP contribution in [0.2, 0.25) is 0 Å². The number of likely N-dealkylation sites (tertiary alicyclic amines) is 1. The van der Waals surface area contributed by atoms with Crippen LogP contribution in [0.4, 0.5) is 0 Å². The van der Waals surface area contributed by atoms with Gasteiger partial charge in [0.1, 0.15) is 0 Å². The zero-order valence-electron chi connectivity index (χ0n) is 12.0. The fourth-order valence-corrected chi connectivity index (χ4v) is 4.26. The van der Waals surface area contributed by atoms with Gasteiger partial charge in [0, 0.05) is 19.7 Å². The van der Waals surface area contributed by atoms with Crippen molar-refractivity contribution in [2.45, 2.75) is 57.8 Å². The molecule has 0 aromatic carbocycles. The summed E-state index contributed by atoms with van der Waals surface area (Å²) in [4.78, 5) is 14.6. The SMILES string of the molecule is O=C([C@H]1CCOC1)N1CCCC2(CCCCC2)CC1. The van der Waals surface area contributed by atoms with Crippen LogP contribution in [0.3, 0.4) is 0 Å². The van der Waals surface area contributed by atoms with E-state index in [9.17, 15) is 4.79 Å². The molecule has 1 saturated carbocycles. The first-order valence-electron chi connectivity index (χ1n) is 8.16. The van der Waals surface area contributed by atoms with Gasteiger partial charge in [0.15, 0.2) is 0 Å². The third-order valence-electron chi connectivity index (χ3n) is 5.55. The van der Waals surface area contributed by atoms with Gasteiger partial charge in [0.25, 0.3) is 0 Å². The summed E-state index contributed by atoms with van der Waals surface area (Å²) in [6.45, 7) is 3.40. The van der Waals surface area contributed by atoms with Crippen molar-refractivity contribution in [3.63, 3.8) is 0 Å². The van der Waals surface area contributed by atoms with E-state index in [-0.39, 0.29) is 5.92 Å². The number of hydrogen-bond acceptors (Lipinski definition) is 2. The van der Waals surface area contributed by atoms with Gasteiger partial charge in [0.2, 0.25) is 5.91 Å². The van der Waals surface area contributed by atoms with Crippen LogP contribution in [0.1, 0.15) is 57.8 Å². The molecule has 1 atom stereocenters. The number of carbonyl (C=O) groups excluding carboxylic acids is 1. The largest absolute Gasteiger partial charge is 0.381 e. The van der Waals surface area contributed by atoms with Gasteiger partial charge in [-0.15, -0.1) is 0 Å². The highest BCUT2D eigenvalue weighted by atomic mass is 16.5. The van der Waals surface area contributed by atoms with Gasteiger partial charge >= 0.3 is 0 Å². The maximum absolute atomic E-state index is 12.5. The number of nitrogens with zero attached hydrogens (tertiary/aromatic N) is 1. The molecule has 3 heteroatoms. The fraction of sp³-hybridized carbons (Fsp3) is 0.938. The lowest BCUT2D eigenvalue weighted by atomic mass is 9.69. The summed E-state index contributed by atoms with van der Waals surface area (Å²) in [5.74, 6) is 0.519. The van der Waals surface area contributed by atoms with E-state index in [4.69, 9.17) is 4.74 Å². The highest BCUT2D eigenvalue weighted by Gasteiger charge is 2.36. The lowest BCUT2D eigenvalue weighted by Crippen LogP contribution is -2.37. The normalized spacial score (nSPS) is 31.4. The van der Waals surface area contributed by atoms with Crippen molar-refractivity contribution in [2.75, 3.05) is 26.3 Å². The monoisotopic (exact) mass is 265 g/mol. The zero-order valence-corrected chi connectivity index (χ0v) is 12.0. The summed E-state index contributed by atoms with van der Waals surface area (Å²) >= 11 is 0. The number of ether oxygens (including phenoxy) is 1. The Hall–Kier alpha value is -0.570. The minimum atomic E-state index is 0.153. The topological polar surface area (TPSA) is 29.5 Å². The second-order valence-electron chi connectivity index (χ2n) is 6.80. The molecule has 1 amide bonds. The van der Waals surface area contributed by atoms with Crippen LogP contribution in [0.15, 0.2) is 0 Å². The van der Waals surface area contributed by atoms with E-state index in [0.717, 1.165) is 26.1 Å². The molecule has 19 heavy (non-hydrogen) atoms. The van der Waals surface area contributed by atoms with Crippen molar-refractivity contribution in [3.8, 4) is 0 Å². The van der Waals surface area contributed by atoms with E-state index in [2.05, 4.69) is 4.90 Å². The molecule has 3 rings (SSSR count). The van der Waals surface area contributed by atoms with Crippen LogP contribution < -0.4 is 0 Å². The minimum absolute atomic E-state index is 0.153. The van der Waals surface area contributed by atoms with Crippen LogP contribution in [-0.2, 0) is 9.53 Å². The Morgan fingerprint density at radius 2 is 1.79 bits per heavy atom. The first-order chi connectivity index (χ1) is 9.29. The molecule has 0 unspecified atom stereocenters. The van der Waals surface area contributed by atoms with Gasteiger partial charge in [-0.05, 0) is 43.9 Å². The van der Waals surface area contributed by atoms with Gasteiger partial charge < -0.3 is 9.64 Å². The van der Waals surface area contributed by atoms with Gasteiger partial charge in [-0.25, -0.2) is 0 Å². The van der Waals surface area contributed by atoms with E-state index < -0.39 is 0 Å². The lowest BCUT2D eigenvalue weighted by molar-refractivity contribution is -0.135. The number of amides is 1. The van der Waals surface area contributed by atoms with E-state index in [1.54, 1.807) is 0 Å². The van der Waals surface area contributed by atoms with Crippen LogP contribution in [0.25, 0.3) is 0 Å². The molecule has 3 nitrogen and oxygen atoms in total. The molecule has 2 saturated heterocycles. The Bertz CT molecular complexity index is 317. The Balaban J connectivity index is 1.58. The van der Waals surface area contributed by atoms with Crippen LogP contribution in [-0.4, -0.2) is 37.1 Å². The zero-order chi connectivity index (χ0) is 13.1. The van der Waals surface area contributed by atoms with E-state index in [0.29, 0.717) is 17.9 Å². The van der Waals surface area contributed by atoms with Crippen LogP contribution in [0.5, 0.6) is 0 Å². The number of hydrogen-bond donors (Lipinski definition) is 0. The molecule has 0 N–H and O–H groups in total. The average molecular weight is 265 g/mol. The standard InChI is InChI=1S/C16H27NO2/c18-15(14-5-12-19-13-14)17-10-4-8-16(9-11-17)6-2-1-3-7-16/h14H,1-13H2/t14-/m0/s1. The molecule has 0 radical (unpaired) electrons. The maximum atomic E-state index is 12.5. The van der Waals surface area contributed by atoms with Crippen molar-refractivity contribution in [2.24, 2.45) is 11.3 Å². The van der Waals surface area contributed by atoms with E-state index >= 15 is 0 Å². The Kier molecular flexibility index (Phi) is 4.11. The molecule has 1 spiro atoms. The third kappa shape index (κ3) is 2.96. The summed E-state index contributed by atoms with van der Waals surface area (Å²) in [7, 11) is 0. The Morgan fingerprint density at radius 3 is 2.53 bits per heavy atom. The molecule has 0 aromatic heterocycles. The van der Waals surface area contributed by atoms with Crippen molar-refractivity contribution >= 4 is 5.91 Å². The molecule has 3 aliphatic rings. The smallest absolute Gasteiger partial charge is 0.228 e. The third-order valence-corrected chi connectivity index (χ3v) is 5.55. The van der Waals surface area contributed by atoms with Gasteiger partial charge in [-0.3, -0.25) is 4.79 Å². The second-order valence-corrected chi connectivity index (χ2v) is 6.80. The summed E-state index contributed by atoms with van der Waals surface area (Å²) < 4.78 is 5.36. The van der Waals surface area contributed by atoms with Crippen molar-refractivity contribution in [3.05, 3.63) is 0 Å². The molecule has 0 aromatic rings. The molecule has 0 bridgehead atoms. The summed E-state index contributed by atoms with van der Waals surface area (Å²) in [6.07, 6.45) is 11.8. The fourth-order valence-electron chi connectivity index (χ4n) is 4.26. The van der Waals surface area contributed by atoms with Crippen LogP contribution in [0, 0.1) is 11.3 Å². The van der Waals surface area contributed by atoms with Gasteiger partial charge in [-0.2, -0.15) is 0 Å². The summed E-state index contributed by atoms with van der Waals surface area (Å²) in [5.41, 5.74) is 0.583. The van der Waals surface area contributed by atoms with Gasteiger partial charge in [-0.1, -0.05) is 19.3 Å². The highest BCUT2D eigenvalue weighted by Crippen LogP contribution is 2.44. The average Bonchev–Trinajstić information content (AvgIpc) is 2.90. The Labute approximate surface area is 116 Å². The predicted octanol–water partition coefficient (Wildman–Crippen LogP) is 2.99. The van der Waals surface area contributed by atoms with E-state index in [1.807, 2.05) is 0 Å². The van der Waals surface area contributed by atoms with Crippen molar-refractivity contribution in [1.29, 1.82) is 0 Å². The molecule has 108 valence electrons. The molecular formula is C16H27NO2. The number of carbonyl (C=O) groups is 1. The first-order valence-corrected chi connectivity index (χ1v) is 8.16. The summed E-state index contributed by atoms with van der Waals surface area (Å²) in [5, 5.41) is 0. The summed E-state index contributed by atoms with van der Waals surface area (Å²) in [6, 6.07) is 0. The maximum Gasteiger partial charge on any atom is 0.228 e. The molecule has 2 heterocycles. The molecule has 2 aliphatic heterocycles. The van der Waals surface area contributed by atoms with E-state index in [1.165, 1.54) is 51.4 Å². The minimum Gasteiger partial charge on any atom is -0.381 e. The molecule has 3 fully saturated rings. The second kappa shape index (κ2) is 5.82. The first kappa shape index (κ1) is 13.4. The van der Waals surface area contributed by atoms with Gasteiger partial charge in [0.05, 0.1) is 12.5 Å². The van der Waals surface area contributed by atoms with Crippen LogP contribution >= 0.6 is 0 Å². The predicted molar refractivity (Wildman–Crippen MR) is 74.9 cm³/mol. The number of rotatable bonds is 1. The molecule has 1 aliphatic carbocycles. The molecular weight excluding hydrogens is 238 g/mol. The highest BCUT2D eigenvalue weighted by molar-refractivity contribution is 5.79. The quantitative estimate of drug-likeness (QED) is 0.729. The Morgan fingerprint density at radius 1 is 1.00 bits per heavy atom. The van der Waals surface area contributed by atoms with Crippen molar-refractivity contribution < 1.29 is 9.53 Å². The lowest BCUT2D eigenvalue weighted by Gasteiger charge is -2.36. The van der Waals surface area contributed by atoms with Crippen molar-refractivity contribution in [1.82, 2.24) is 4.90 Å².